The second-order valence-corrected chi connectivity index (χ2v) is 10.9. The third-order valence-corrected chi connectivity index (χ3v) is 7.95. The molecule has 9 nitrogen and oxygen atoms in total. The van der Waals surface area contributed by atoms with Gasteiger partial charge in [-0.1, -0.05) is 6.07 Å². The van der Waals surface area contributed by atoms with E-state index in [0.717, 1.165) is 31.3 Å². The Hall–Kier alpha value is -3.92. The fraction of sp³-hybridized carbons (Fsp3) is 0.433. The summed E-state index contributed by atoms with van der Waals surface area (Å²) in [5, 5.41) is 3.09. The lowest BCUT2D eigenvalue weighted by Gasteiger charge is -2.26. The molecule has 40 heavy (non-hydrogen) atoms. The van der Waals surface area contributed by atoms with E-state index in [9.17, 15) is 9.18 Å². The van der Waals surface area contributed by atoms with E-state index in [1.165, 1.54) is 12.1 Å². The molecule has 1 aromatic heterocycles. The lowest BCUT2D eigenvalue weighted by molar-refractivity contribution is -0.127. The Balaban J connectivity index is 1.72. The summed E-state index contributed by atoms with van der Waals surface area (Å²) in [6.07, 6.45) is 7.80. The van der Waals surface area contributed by atoms with E-state index in [1.807, 2.05) is 18.0 Å². The van der Waals surface area contributed by atoms with Crippen LogP contribution in [0.5, 0.6) is 5.75 Å². The molecule has 2 atom stereocenters. The maximum atomic E-state index is 14.3. The van der Waals surface area contributed by atoms with Gasteiger partial charge < -0.3 is 32.2 Å². The number of anilines is 1. The van der Waals surface area contributed by atoms with Gasteiger partial charge in [-0.05, 0) is 79.6 Å². The second kappa shape index (κ2) is 11.7. The molecule has 1 saturated heterocycles. The molecule has 1 saturated carbocycles. The quantitative estimate of drug-likeness (QED) is 0.430. The van der Waals surface area contributed by atoms with Crippen LogP contribution in [0.2, 0.25) is 0 Å². The average molecular weight is 548 g/mol. The first-order valence-corrected chi connectivity index (χ1v) is 13.9. The van der Waals surface area contributed by atoms with E-state index in [4.69, 9.17) is 26.9 Å². The largest absolute Gasteiger partial charge is 0.485 e. The van der Waals surface area contributed by atoms with Gasteiger partial charge in [0.15, 0.2) is 11.6 Å². The van der Waals surface area contributed by atoms with Gasteiger partial charge in [0.1, 0.15) is 18.1 Å². The van der Waals surface area contributed by atoms with Gasteiger partial charge in [0.2, 0.25) is 0 Å². The van der Waals surface area contributed by atoms with Crippen LogP contribution >= 0.6 is 0 Å². The summed E-state index contributed by atoms with van der Waals surface area (Å²) in [4.78, 5) is 25.0. The molecule has 0 spiro atoms. The normalized spacial score (nSPS) is 24.6. The summed E-state index contributed by atoms with van der Waals surface area (Å²) < 4.78 is 20.4. The fourth-order valence-electron chi connectivity index (χ4n) is 5.41. The number of carbonyl (C=O) groups is 1. The van der Waals surface area contributed by atoms with Crippen LogP contribution < -0.4 is 27.3 Å². The third kappa shape index (κ3) is 5.82. The molecule has 2 aliphatic heterocycles. The molecule has 10 heteroatoms. The zero-order chi connectivity index (χ0) is 28.4. The number of nitrogens with zero attached hydrogens (tertiary/aromatic N) is 3. The fourth-order valence-corrected chi connectivity index (χ4v) is 5.41. The van der Waals surface area contributed by atoms with Crippen LogP contribution in [0.3, 0.4) is 0 Å². The molecule has 3 aliphatic rings. The van der Waals surface area contributed by atoms with Crippen molar-refractivity contribution in [2.75, 3.05) is 25.9 Å². The minimum absolute atomic E-state index is 0.0493. The van der Waals surface area contributed by atoms with Crippen LogP contribution in [0.4, 0.5) is 10.2 Å². The van der Waals surface area contributed by atoms with E-state index in [1.54, 1.807) is 25.4 Å². The number of aromatic nitrogens is 1. The van der Waals surface area contributed by atoms with Crippen LogP contribution in [0.25, 0.3) is 0 Å². The third-order valence-electron chi connectivity index (χ3n) is 7.95. The number of aliphatic imine (C=N–C) groups is 1. The van der Waals surface area contributed by atoms with Gasteiger partial charge in [-0.15, -0.1) is 0 Å². The van der Waals surface area contributed by atoms with Crippen LogP contribution in [-0.4, -0.2) is 47.7 Å². The summed E-state index contributed by atoms with van der Waals surface area (Å²) in [6.45, 7) is 3.35. The minimum Gasteiger partial charge on any atom is -0.485 e. The van der Waals surface area contributed by atoms with Crippen LogP contribution in [0, 0.1) is 11.7 Å². The Bertz CT molecular complexity index is 1380. The number of likely N-dealkylation sites (tertiary alicyclic amines) is 1. The number of pyridine rings is 1. The zero-order valence-electron chi connectivity index (χ0n) is 23.1. The first-order chi connectivity index (χ1) is 19.3. The van der Waals surface area contributed by atoms with E-state index in [0.29, 0.717) is 52.7 Å². The van der Waals surface area contributed by atoms with E-state index in [2.05, 4.69) is 10.3 Å². The smallest absolute Gasteiger partial charge is 0.270 e. The summed E-state index contributed by atoms with van der Waals surface area (Å²) in [6, 6.07) is 5.69. The number of hydrogen-bond acceptors (Lipinski definition) is 8. The lowest BCUT2D eigenvalue weighted by Crippen LogP contribution is -2.38. The highest BCUT2D eigenvalue weighted by atomic mass is 19.1. The number of ether oxygens (including phenoxy) is 1. The number of halogens is 1. The van der Waals surface area contributed by atoms with Crippen molar-refractivity contribution in [2.24, 2.45) is 22.4 Å². The number of fused-ring (bicyclic) bond motifs is 3. The number of carbonyl (C=O) groups excluding carboxylic acids is 1. The Morgan fingerprint density at radius 3 is 2.80 bits per heavy atom. The Morgan fingerprint density at radius 1 is 1.30 bits per heavy atom. The molecule has 1 aromatic carbocycles. The van der Waals surface area contributed by atoms with Crippen molar-refractivity contribution in [1.29, 1.82) is 0 Å². The number of hydrogen-bond donors (Lipinski definition) is 4. The number of amides is 1. The number of nitrogens with one attached hydrogen (secondary N) is 1. The minimum atomic E-state index is -0.631. The molecule has 2 fully saturated rings. The highest BCUT2D eigenvalue weighted by Gasteiger charge is 2.31. The van der Waals surface area contributed by atoms with Crippen LogP contribution in [0.1, 0.15) is 61.8 Å². The maximum Gasteiger partial charge on any atom is 0.270 e. The van der Waals surface area contributed by atoms with Crippen molar-refractivity contribution in [1.82, 2.24) is 15.2 Å². The SMILES string of the molecule is CN/C=C1/C/C(=C(/N)C(=O)N2CCCC2C)C(=NCC2CC2)c2cnc(N)c(c2)OCc2cc(F)ccc2C1N. The van der Waals surface area contributed by atoms with Crippen molar-refractivity contribution < 1.29 is 13.9 Å². The molecule has 5 rings (SSSR count). The number of rotatable bonds is 4. The number of allylic oxidation sites excluding steroid dienone is 1. The van der Waals surface area contributed by atoms with Gasteiger partial charge >= 0.3 is 0 Å². The summed E-state index contributed by atoms with van der Waals surface area (Å²) in [5.74, 6) is 0.418. The molecule has 7 N–H and O–H groups in total. The summed E-state index contributed by atoms with van der Waals surface area (Å²) in [7, 11) is 1.78. The molecule has 1 aliphatic carbocycles. The number of benzene rings is 1. The zero-order valence-corrected chi connectivity index (χ0v) is 23.1. The Labute approximate surface area is 234 Å². The standard InChI is InChI=1S/C30H38FN7O2/c1-17-4-3-9-38(17)30(39)27(33)24-11-19(14-35-2)26(32)23-8-7-22(31)10-21(23)16-40-25-12-20(15-37-29(25)34)28(24)36-13-18-5-6-18/h7-8,10,12,14-15,17-18,26,35H,3-6,9,11,13,16,32-33H2,1-2H3,(H2,34,37)/b19-14-,27-24-,36-28?. The average Bonchev–Trinajstić information content (AvgIpc) is 3.67. The topological polar surface area (TPSA) is 145 Å². The van der Waals surface area contributed by atoms with E-state index >= 15 is 0 Å². The van der Waals surface area contributed by atoms with Crippen molar-refractivity contribution in [3.63, 3.8) is 0 Å². The number of nitrogen functional groups attached to an aromatic ring is 1. The molecule has 3 heterocycles. The van der Waals surface area contributed by atoms with Gasteiger partial charge in [-0.25, -0.2) is 9.37 Å². The molecular weight excluding hydrogens is 509 g/mol. The van der Waals surface area contributed by atoms with E-state index < -0.39 is 11.9 Å². The van der Waals surface area contributed by atoms with Gasteiger partial charge in [-0.2, -0.15) is 0 Å². The van der Waals surface area contributed by atoms with Crippen molar-refractivity contribution in [2.45, 2.75) is 57.7 Å². The first-order valence-electron chi connectivity index (χ1n) is 13.9. The molecule has 0 radical (unpaired) electrons. The Morgan fingerprint density at radius 2 is 2.10 bits per heavy atom. The summed E-state index contributed by atoms with van der Waals surface area (Å²) >= 11 is 0. The number of nitrogens with two attached hydrogens (primary N) is 3. The predicted octanol–water partition coefficient (Wildman–Crippen LogP) is 3.31. The first kappa shape index (κ1) is 27.6. The molecule has 2 unspecified atom stereocenters. The molecule has 2 aromatic rings. The maximum absolute atomic E-state index is 14.3. The second-order valence-electron chi connectivity index (χ2n) is 10.9. The highest BCUT2D eigenvalue weighted by Crippen LogP contribution is 2.35. The van der Waals surface area contributed by atoms with Gasteiger partial charge in [0.25, 0.3) is 5.91 Å². The highest BCUT2D eigenvalue weighted by molar-refractivity contribution is 6.16. The van der Waals surface area contributed by atoms with E-state index in [-0.39, 0.29) is 36.5 Å². The van der Waals surface area contributed by atoms with Gasteiger partial charge in [0.05, 0.1) is 11.8 Å². The van der Waals surface area contributed by atoms with Crippen molar-refractivity contribution >= 4 is 17.4 Å². The molecular formula is C30H38FN7O2. The van der Waals surface area contributed by atoms with Crippen LogP contribution in [-0.2, 0) is 11.4 Å². The van der Waals surface area contributed by atoms with Crippen molar-refractivity contribution in [3.05, 3.63) is 76.0 Å². The van der Waals surface area contributed by atoms with Gasteiger partial charge in [0, 0.05) is 49.9 Å². The Kier molecular flexibility index (Phi) is 8.07. The molecule has 2 bridgehead atoms. The molecule has 212 valence electrons. The monoisotopic (exact) mass is 547 g/mol. The summed E-state index contributed by atoms with van der Waals surface area (Å²) in [5.41, 5.74) is 23.8. The molecule has 1 amide bonds. The van der Waals surface area contributed by atoms with Crippen LogP contribution in [0.15, 0.2) is 58.5 Å². The lowest BCUT2D eigenvalue weighted by atomic mass is 9.87. The van der Waals surface area contributed by atoms with Crippen molar-refractivity contribution in [3.8, 4) is 5.75 Å². The predicted molar refractivity (Wildman–Crippen MR) is 154 cm³/mol. The van der Waals surface area contributed by atoms with Gasteiger partial charge in [-0.3, -0.25) is 9.79 Å².